The standard InChI is InChI=1S/C6H14N2O.2HI.V/c1-6(9)7-5-8(2,3)4;;;/h5H2,1-4H3;2*1H;/q;;;+2/p-1. The predicted molar refractivity (Wildman–Crippen MR) is 64.8 cm³/mol. The van der Waals surface area contributed by atoms with Crippen LogP contribution in [-0.2, 0) is 14.3 Å². The van der Waals surface area contributed by atoms with Gasteiger partial charge in [0.1, 0.15) is 0 Å². The van der Waals surface area contributed by atoms with Crippen LogP contribution >= 0.6 is 40.0 Å². The number of halogens is 2. The van der Waals surface area contributed by atoms with Crippen molar-refractivity contribution in [2.45, 2.75) is 6.92 Å². The summed E-state index contributed by atoms with van der Waals surface area (Å²) in [6.07, 6.45) is 0. The van der Waals surface area contributed by atoms with E-state index in [0.717, 1.165) is 4.48 Å². The van der Waals surface area contributed by atoms with Crippen LogP contribution in [0.25, 0.3) is 0 Å². The number of rotatable bonds is 2. The molecule has 0 aromatic carbocycles. The van der Waals surface area contributed by atoms with Crippen molar-refractivity contribution in [3.8, 4) is 0 Å². The minimum absolute atomic E-state index is 0.0306. The summed E-state index contributed by atoms with van der Waals surface area (Å²) in [5, 5.41) is 2.72. The first-order chi connectivity index (χ1) is 5.33. The van der Waals surface area contributed by atoms with Crippen LogP contribution in [0.2, 0.25) is 0 Å². The Kier molecular flexibility index (Phi) is 12.0. The summed E-state index contributed by atoms with van der Waals surface area (Å²) in [7, 11) is 6.70. The van der Waals surface area contributed by atoms with Crippen molar-refractivity contribution in [3.63, 3.8) is 0 Å². The van der Waals surface area contributed by atoms with E-state index in [-0.39, 0.29) is 5.91 Å². The number of hydrogen-bond donors (Lipinski definition) is 1. The van der Waals surface area contributed by atoms with Gasteiger partial charge in [-0.3, -0.25) is 4.79 Å². The van der Waals surface area contributed by atoms with Gasteiger partial charge in [0.2, 0.25) is 5.91 Å². The first kappa shape index (κ1) is 15.9. The molecule has 0 rings (SSSR count). The van der Waals surface area contributed by atoms with Crippen molar-refractivity contribution >= 4 is 45.9 Å². The topological polar surface area (TPSA) is 29.1 Å². The van der Waals surface area contributed by atoms with Crippen LogP contribution in [0.15, 0.2) is 0 Å². The van der Waals surface area contributed by atoms with Gasteiger partial charge >= 0.3 is 49.4 Å². The molecule has 0 bridgehead atoms. The van der Waals surface area contributed by atoms with Crippen LogP contribution in [0.4, 0.5) is 0 Å². The Balaban J connectivity index is 0. The van der Waals surface area contributed by atoms with E-state index >= 15 is 0 Å². The summed E-state index contributed by atoms with van der Waals surface area (Å²) in [4.78, 5) is 10.4. The van der Waals surface area contributed by atoms with Gasteiger partial charge in [-0.1, -0.05) is 0 Å². The number of nitrogens with one attached hydrogen (secondary N) is 1. The van der Waals surface area contributed by atoms with Gasteiger partial charge in [0.05, 0.1) is 21.1 Å². The maximum absolute atomic E-state index is 10.4. The van der Waals surface area contributed by atoms with Gasteiger partial charge in [0, 0.05) is 6.92 Å². The molecule has 0 saturated carbocycles. The molecular formula is C6H15I2N2OV+. The molecule has 0 heterocycles. The first-order valence-electron chi connectivity index (χ1n) is 3.30. The molecule has 0 unspecified atom stereocenters. The molecule has 12 heavy (non-hydrogen) atoms. The summed E-state index contributed by atoms with van der Waals surface area (Å²) in [5.74, 6) is 0.0306. The number of nitrogens with zero attached hydrogens (tertiary/aromatic N) is 1. The SMILES string of the molecule is CC(=O)NC[N+](C)(C)C.[I][V][I]. The normalized spacial score (nSPS) is 9.50. The maximum atomic E-state index is 10.4. The second kappa shape index (κ2) is 9.05. The van der Waals surface area contributed by atoms with Gasteiger partial charge in [-0.05, 0) is 0 Å². The third kappa shape index (κ3) is 22.5. The molecule has 0 radical (unpaired) electrons. The molecule has 0 atom stereocenters. The Bertz CT molecular complexity index is 127. The van der Waals surface area contributed by atoms with E-state index in [1.165, 1.54) is 6.92 Å². The van der Waals surface area contributed by atoms with Crippen molar-refractivity contribution in [2.24, 2.45) is 0 Å². The van der Waals surface area contributed by atoms with E-state index in [1.807, 2.05) is 21.1 Å². The number of hydrogen-bond acceptors (Lipinski definition) is 1. The van der Waals surface area contributed by atoms with E-state index < -0.39 is 0 Å². The van der Waals surface area contributed by atoms with E-state index in [4.69, 9.17) is 0 Å². The monoisotopic (exact) mass is 436 g/mol. The molecule has 1 N–H and O–H groups in total. The fourth-order valence-electron chi connectivity index (χ4n) is 0.349. The second-order valence-corrected chi connectivity index (χ2v) is 15.0. The van der Waals surface area contributed by atoms with Crippen molar-refractivity contribution in [1.29, 1.82) is 0 Å². The fourth-order valence-corrected chi connectivity index (χ4v) is 0.349. The van der Waals surface area contributed by atoms with Crippen LogP contribution in [0.5, 0.6) is 0 Å². The van der Waals surface area contributed by atoms with Crippen molar-refractivity contribution in [2.75, 3.05) is 27.8 Å². The fraction of sp³-hybridized carbons (Fsp3) is 0.833. The Morgan fingerprint density at radius 1 is 1.42 bits per heavy atom. The molecule has 0 aliphatic rings. The summed E-state index contributed by atoms with van der Waals surface area (Å²) in [5.41, 5.74) is 0. The first-order valence-corrected chi connectivity index (χ1v) is 12.3. The third-order valence-corrected chi connectivity index (χ3v) is 0.802. The van der Waals surface area contributed by atoms with E-state index in [1.54, 1.807) is 0 Å². The molecule has 0 aliphatic carbocycles. The zero-order valence-corrected chi connectivity index (χ0v) is 13.5. The molecule has 0 spiro atoms. The molecule has 0 aliphatic heterocycles. The molecule has 0 fully saturated rings. The molecule has 73 valence electrons. The van der Waals surface area contributed by atoms with Gasteiger partial charge in [-0.15, -0.1) is 0 Å². The van der Waals surface area contributed by atoms with Gasteiger partial charge in [0.25, 0.3) is 0 Å². The Hall–Kier alpha value is 1.47. The summed E-state index contributed by atoms with van der Waals surface area (Å²) >= 11 is 4.74. The Morgan fingerprint density at radius 2 is 1.75 bits per heavy atom. The Labute approximate surface area is 103 Å². The molecule has 1 amide bonds. The van der Waals surface area contributed by atoms with Gasteiger partial charge in [0.15, 0.2) is 6.67 Å². The average molecular weight is 436 g/mol. The molecule has 6 heteroatoms. The van der Waals surface area contributed by atoms with Crippen LogP contribution < -0.4 is 5.32 Å². The Morgan fingerprint density at radius 3 is 1.83 bits per heavy atom. The average Bonchev–Trinajstić information content (AvgIpc) is 1.84. The number of amides is 1. The van der Waals surface area contributed by atoms with Crippen LogP contribution in [0, 0.1) is 0 Å². The van der Waals surface area contributed by atoms with E-state index in [0.29, 0.717) is 16.1 Å². The summed E-state index contributed by atoms with van der Waals surface area (Å²) < 4.78 is 0.763. The third-order valence-electron chi connectivity index (χ3n) is 0.802. The van der Waals surface area contributed by atoms with Gasteiger partial charge in [-0.2, -0.15) is 0 Å². The zero-order valence-electron chi connectivity index (χ0n) is 7.77. The zero-order chi connectivity index (χ0) is 10.2. The van der Waals surface area contributed by atoms with Crippen LogP contribution in [0.1, 0.15) is 6.92 Å². The van der Waals surface area contributed by atoms with E-state index in [9.17, 15) is 4.79 Å². The molecular weight excluding hydrogens is 421 g/mol. The summed E-state index contributed by atoms with van der Waals surface area (Å²) in [6.45, 7) is 2.21. The minimum atomic E-state index is 0.0306. The van der Waals surface area contributed by atoms with Gasteiger partial charge < -0.3 is 9.80 Å². The van der Waals surface area contributed by atoms with Crippen molar-refractivity contribution < 1.29 is 18.7 Å². The molecule has 0 aromatic rings. The van der Waals surface area contributed by atoms with Gasteiger partial charge in [-0.25, -0.2) is 0 Å². The number of carbonyl (C=O) groups excluding carboxylic acids is 1. The van der Waals surface area contributed by atoms with Crippen LogP contribution in [0.3, 0.4) is 0 Å². The molecule has 3 nitrogen and oxygen atoms in total. The second-order valence-electron chi connectivity index (χ2n) is 3.25. The van der Waals surface area contributed by atoms with Crippen LogP contribution in [-0.4, -0.2) is 38.2 Å². The predicted octanol–water partition coefficient (Wildman–Crippen LogP) is 1.56. The van der Waals surface area contributed by atoms with Crippen molar-refractivity contribution in [1.82, 2.24) is 5.32 Å². The molecule has 0 saturated heterocycles. The number of quaternary nitrogens is 1. The van der Waals surface area contributed by atoms with Crippen molar-refractivity contribution in [3.05, 3.63) is 0 Å². The quantitative estimate of drug-likeness (QED) is 0.398. The molecule has 0 aromatic heterocycles. The number of carbonyl (C=O) groups is 1. The van der Waals surface area contributed by atoms with E-state index in [2.05, 4.69) is 45.3 Å². The summed E-state index contributed by atoms with van der Waals surface area (Å²) in [6, 6.07) is 0.